The Balaban J connectivity index is 1.72. The van der Waals surface area contributed by atoms with E-state index in [1.807, 2.05) is 43.3 Å². The summed E-state index contributed by atoms with van der Waals surface area (Å²) in [5, 5.41) is 3.07. The number of benzene rings is 1. The van der Waals surface area contributed by atoms with Crippen LogP contribution in [0.3, 0.4) is 0 Å². The van der Waals surface area contributed by atoms with Crippen LogP contribution in [0, 0.1) is 5.41 Å². The molecule has 0 saturated heterocycles. The molecule has 0 aliphatic heterocycles. The van der Waals surface area contributed by atoms with Crippen LogP contribution in [0.15, 0.2) is 36.7 Å². The van der Waals surface area contributed by atoms with Crippen molar-refractivity contribution in [1.29, 1.82) is 0 Å². The molecule has 2 aromatic rings. The second-order valence-corrected chi connectivity index (χ2v) is 7.21. The third-order valence-corrected chi connectivity index (χ3v) is 4.99. The largest absolute Gasteiger partial charge is 0.384 e. The lowest BCUT2D eigenvalue weighted by molar-refractivity contribution is 0.0180. The first-order chi connectivity index (χ1) is 12.5. The van der Waals surface area contributed by atoms with Gasteiger partial charge in [0.25, 0.3) is 5.91 Å². The molecular formula is C20H26N4O2. The number of amides is 1. The van der Waals surface area contributed by atoms with E-state index < -0.39 is 0 Å². The van der Waals surface area contributed by atoms with Crippen LogP contribution in [-0.4, -0.2) is 50.2 Å². The third kappa shape index (κ3) is 4.02. The SMILES string of the molecule is COCC1(CNC(=O)c2cccc(-c3cncc(N(C)C)n3)c2)CCC1. The molecule has 1 saturated carbocycles. The zero-order valence-electron chi connectivity index (χ0n) is 15.7. The summed E-state index contributed by atoms with van der Waals surface area (Å²) in [6, 6.07) is 7.51. The van der Waals surface area contributed by atoms with Crippen LogP contribution in [0.4, 0.5) is 5.82 Å². The van der Waals surface area contributed by atoms with E-state index >= 15 is 0 Å². The number of methoxy groups -OCH3 is 1. The molecule has 0 atom stereocenters. The predicted molar refractivity (Wildman–Crippen MR) is 102 cm³/mol. The highest BCUT2D eigenvalue weighted by molar-refractivity contribution is 5.95. The summed E-state index contributed by atoms with van der Waals surface area (Å²) in [4.78, 5) is 23.3. The van der Waals surface area contributed by atoms with Crippen LogP contribution in [0.5, 0.6) is 0 Å². The molecule has 26 heavy (non-hydrogen) atoms. The number of anilines is 1. The molecule has 1 heterocycles. The van der Waals surface area contributed by atoms with Crippen molar-refractivity contribution in [3.05, 3.63) is 42.2 Å². The molecule has 1 aromatic heterocycles. The van der Waals surface area contributed by atoms with Crippen molar-refractivity contribution in [1.82, 2.24) is 15.3 Å². The fourth-order valence-corrected chi connectivity index (χ4v) is 3.25. The summed E-state index contributed by atoms with van der Waals surface area (Å²) >= 11 is 0. The van der Waals surface area contributed by atoms with Gasteiger partial charge in [-0.05, 0) is 25.0 Å². The minimum absolute atomic E-state index is 0.0639. The highest BCUT2D eigenvalue weighted by Crippen LogP contribution is 2.40. The smallest absolute Gasteiger partial charge is 0.251 e. The normalized spacial score (nSPS) is 15.2. The van der Waals surface area contributed by atoms with E-state index in [2.05, 4.69) is 15.3 Å². The summed E-state index contributed by atoms with van der Waals surface area (Å²) in [6.45, 7) is 1.35. The molecule has 6 nitrogen and oxygen atoms in total. The summed E-state index contributed by atoms with van der Waals surface area (Å²) < 4.78 is 5.32. The van der Waals surface area contributed by atoms with Crippen molar-refractivity contribution in [2.24, 2.45) is 5.41 Å². The molecule has 1 fully saturated rings. The fourth-order valence-electron chi connectivity index (χ4n) is 3.25. The van der Waals surface area contributed by atoms with Gasteiger partial charge in [-0.1, -0.05) is 18.6 Å². The summed E-state index contributed by atoms with van der Waals surface area (Å²) in [5.41, 5.74) is 2.37. The van der Waals surface area contributed by atoms with Crippen LogP contribution in [-0.2, 0) is 4.74 Å². The van der Waals surface area contributed by atoms with Gasteiger partial charge >= 0.3 is 0 Å². The van der Waals surface area contributed by atoms with Gasteiger partial charge in [0.2, 0.25) is 0 Å². The van der Waals surface area contributed by atoms with E-state index in [0.717, 1.165) is 29.9 Å². The molecule has 0 bridgehead atoms. The summed E-state index contributed by atoms with van der Waals surface area (Å²) in [5.74, 6) is 0.717. The zero-order valence-corrected chi connectivity index (χ0v) is 15.7. The molecule has 0 spiro atoms. The van der Waals surface area contributed by atoms with Gasteiger partial charge < -0.3 is 15.0 Å². The minimum Gasteiger partial charge on any atom is -0.384 e. The van der Waals surface area contributed by atoms with Gasteiger partial charge in [0.1, 0.15) is 5.82 Å². The Bertz CT molecular complexity index is 772. The summed E-state index contributed by atoms with van der Waals surface area (Å²) in [7, 11) is 5.57. The number of ether oxygens (including phenoxy) is 1. The maximum absolute atomic E-state index is 12.6. The monoisotopic (exact) mass is 354 g/mol. The van der Waals surface area contributed by atoms with Crippen LogP contribution >= 0.6 is 0 Å². The van der Waals surface area contributed by atoms with Crippen LogP contribution in [0.2, 0.25) is 0 Å². The van der Waals surface area contributed by atoms with Gasteiger partial charge in [0, 0.05) is 44.3 Å². The quantitative estimate of drug-likeness (QED) is 0.828. The maximum atomic E-state index is 12.6. The average Bonchev–Trinajstić information content (AvgIpc) is 2.63. The second kappa shape index (κ2) is 7.83. The number of aromatic nitrogens is 2. The molecule has 1 aromatic carbocycles. The predicted octanol–water partition coefficient (Wildman–Crippen LogP) is 2.76. The maximum Gasteiger partial charge on any atom is 0.251 e. The number of carbonyl (C=O) groups is 1. The van der Waals surface area contributed by atoms with E-state index in [4.69, 9.17) is 4.74 Å². The van der Waals surface area contributed by atoms with Gasteiger partial charge in [0.05, 0.1) is 24.7 Å². The van der Waals surface area contributed by atoms with Crippen LogP contribution in [0.25, 0.3) is 11.3 Å². The van der Waals surface area contributed by atoms with Gasteiger partial charge in [-0.25, -0.2) is 4.98 Å². The first-order valence-electron chi connectivity index (χ1n) is 8.90. The molecule has 3 rings (SSSR count). The number of carbonyl (C=O) groups excluding carboxylic acids is 1. The number of rotatable bonds is 7. The van der Waals surface area contributed by atoms with Gasteiger partial charge in [-0.3, -0.25) is 9.78 Å². The Kier molecular flexibility index (Phi) is 5.52. The Hall–Kier alpha value is -2.47. The van der Waals surface area contributed by atoms with Crippen molar-refractivity contribution < 1.29 is 9.53 Å². The van der Waals surface area contributed by atoms with Crippen molar-refractivity contribution in [2.45, 2.75) is 19.3 Å². The zero-order chi connectivity index (χ0) is 18.6. The van der Waals surface area contributed by atoms with Crippen molar-refractivity contribution >= 4 is 11.7 Å². The average molecular weight is 354 g/mol. The Morgan fingerprint density at radius 2 is 2.12 bits per heavy atom. The van der Waals surface area contributed by atoms with Crippen LogP contribution < -0.4 is 10.2 Å². The first kappa shape index (κ1) is 18.3. The number of hydrogen-bond donors (Lipinski definition) is 1. The molecule has 1 N–H and O–H groups in total. The molecule has 1 aliphatic rings. The number of nitrogens with one attached hydrogen (secondary N) is 1. The molecule has 6 heteroatoms. The molecular weight excluding hydrogens is 328 g/mol. The number of hydrogen-bond acceptors (Lipinski definition) is 5. The standard InChI is InChI=1S/C20H26N4O2/c1-24(2)18-12-21-11-17(23-18)15-6-4-7-16(10-15)19(25)22-13-20(14-26-3)8-5-9-20/h4,6-7,10-12H,5,8-9,13-14H2,1-3H3,(H,22,25). The lowest BCUT2D eigenvalue weighted by Crippen LogP contribution is -2.45. The first-order valence-corrected chi connectivity index (χ1v) is 8.90. The Morgan fingerprint density at radius 1 is 1.31 bits per heavy atom. The Labute approximate surface area is 154 Å². The summed E-state index contributed by atoms with van der Waals surface area (Å²) in [6.07, 6.45) is 6.84. The van der Waals surface area contributed by atoms with Crippen molar-refractivity contribution in [3.63, 3.8) is 0 Å². The molecule has 1 amide bonds. The third-order valence-electron chi connectivity index (χ3n) is 4.99. The van der Waals surface area contributed by atoms with E-state index in [9.17, 15) is 4.79 Å². The molecule has 0 unspecified atom stereocenters. The lowest BCUT2D eigenvalue weighted by Gasteiger charge is -2.41. The highest BCUT2D eigenvalue weighted by atomic mass is 16.5. The molecule has 1 aliphatic carbocycles. The number of nitrogens with zero attached hydrogens (tertiary/aromatic N) is 3. The van der Waals surface area contributed by atoms with Gasteiger partial charge in [-0.2, -0.15) is 0 Å². The van der Waals surface area contributed by atoms with E-state index in [1.54, 1.807) is 19.5 Å². The lowest BCUT2D eigenvalue weighted by atomic mass is 9.69. The van der Waals surface area contributed by atoms with Crippen molar-refractivity contribution in [3.8, 4) is 11.3 Å². The Morgan fingerprint density at radius 3 is 2.77 bits per heavy atom. The van der Waals surface area contributed by atoms with E-state index in [-0.39, 0.29) is 11.3 Å². The van der Waals surface area contributed by atoms with Crippen molar-refractivity contribution in [2.75, 3.05) is 39.3 Å². The topological polar surface area (TPSA) is 67.3 Å². The second-order valence-electron chi connectivity index (χ2n) is 7.21. The van der Waals surface area contributed by atoms with Crippen LogP contribution in [0.1, 0.15) is 29.6 Å². The van der Waals surface area contributed by atoms with E-state index in [0.29, 0.717) is 18.7 Å². The molecule has 138 valence electrons. The minimum atomic E-state index is -0.0639. The van der Waals surface area contributed by atoms with Gasteiger partial charge in [0.15, 0.2) is 0 Å². The fraction of sp³-hybridized carbons (Fsp3) is 0.450. The molecule has 0 radical (unpaired) electrons. The van der Waals surface area contributed by atoms with E-state index in [1.165, 1.54) is 6.42 Å². The highest BCUT2D eigenvalue weighted by Gasteiger charge is 2.37. The van der Waals surface area contributed by atoms with Gasteiger partial charge in [-0.15, -0.1) is 0 Å².